The predicted molar refractivity (Wildman–Crippen MR) is 75.3 cm³/mol. The summed E-state index contributed by atoms with van der Waals surface area (Å²) in [6.07, 6.45) is 0.697. The fourth-order valence-corrected chi connectivity index (χ4v) is 2.17. The molecule has 0 radical (unpaired) electrons. The number of aromatic carboxylic acids is 1. The summed E-state index contributed by atoms with van der Waals surface area (Å²) in [7, 11) is 0. The molecule has 7 nitrogen and oxygen atoms in total. The van der Waals surface area contributed by atoms with E-state index in [2.05, 4.69) is 20.8 Å². The lowest BCUT2D eigenvalue weighted by molar-refractivity contribution is 0.0697. The van der Waals surface area contributed by atoms with E-state index in [1.54, 1.807) is 0 Å². The average Bonchev–Trinajstić information content (AvgIpc) is 2.88. The third-order valence-corrected chi connectivity index (χ3v) is 3.43. The highest BCUT2D eigenvalue weighted by Crippen LogP contribution is 2.19. The quantitative estimate of drug-likeness (QED) is 0.805. The van der Waals surface area contributed by atoms with E-state index >= 15 is 0 Å². The zero-order valence-corrected chi connectivity index (χ0v) is 11.7. The number of benzene rings is 1. The van der Waals surface area contributed by atoms with Crippen LogP contribution < -0.4 is 10.6 Å². The van der Waals surface area contributed by atoms with Crippen LogP contribution in [0.25, 0.3) is 0 Å². The minimum atomic E-state index is -1.34. The summed E-state index contributed by atoms with van der Waals surface area (Å²) < 4.78 is 13.0. The first-order valence-corrected chi connectivity index (χ1v) is 6.74. The first-order valence-electron chi connectivity index (χ1n) is 5.92. The van der Waals surface area contributed by atoms with Crippen LogP contribution in [0.2, 0.25) is 0 Å². The van der Waals surface area contributed by atoms with Crippen molar-refractivity contribution in [3.8, 4) is 0 Å². The molecule has 9 heteroatoms. The Morgan fingerprint density at radius 2 is 2.10 bits per heavy atom. The number of halogens is 1. The molecule has 1 aromatic carbocycles. The Morgan fingerprint density at radius 1 is 1.33 bits per heavy atom. The first kappa shape index (κ1) is 14.9. The van der Waals surface area contributed by atoms with E-state index in [1.807, 2.05) is 6.92 Å². The number of urea groups is 1. The zero-order valence-electron chi connectivity index (χ0n) is 10.9. The Morgan fingerprint density at radius 3 is 2.71 bits per heavy atom. The van der Waals surface area contributed by atoms with Gasteiger partial charge >= 0.3 is 12.0 Å². The predicted octanol–water partition coefficient (Wildman–Crippen LogP) is 2.58. The second kappa shape index (κ2) is 6.27. The lowest BCUT2D eigenvalue weighted by Gasteiger charge is -2.08. The van der Waals surface area contributed by atoms with E-state index in [-0.39, 0.29) is 11.3 Å². The number of anilines is 2. The third-order valence-electron chi connectivity index (χ3n) is 2.45. The van der Waals surface area contributed by atoms with Crippen LogP contribution in [-0.2, 0) is 6.42 Å². The summed E-state index contributed by atoms with van der Waals surface area (Å²) in [5.41, 5.74) is -0.349. The van der Waals surface area contributed by atoms with E-state index < -0.39 is 17.8 Å². The molecule has 21 heavy (non-hydrogen) atoms. The highest BCUT2D eigenvalue weighted by atomic mass is 32.1. The number of hydrogen-bond donors (Lipinski definition) is 3. The van der Waals surface area contributed by atoms with Crippen molar-refractivity contribution < 1.29 is 19.1 Å². The number of carbonyl (C=O) groups excluding carboxylic acids is 1. The van der Waals surface area contributed by atoms with Gasteiger partial charge in [-0.2, -0.15) is 0 Å². The molecule has 0 spiro atoms. The maximum Gasteiger partial charge on any atom is 0.337 e. The van der Waals surface area contributed by atoms with Crippen LogP contribution in [0, 0.1) is 5.82 Å². The lowest BCUT2D eigenvalue weighted by atomic mass is 10.2. The van der Waals surface area contributed by atoms with Crippen molar-refractivity contribution in [2.75, 3.05) is 10.6 Å². The Labute approximate surface area is 122 Å². The number of carboxylic acids is 1. The molecule has 2 amide bonds. The van der Waals surface area contributed by atoms with E-state index in [9.17, 15) is 14.0 Å². The molecule has 0 unspecified atom stereocenters. The maximum atomic E-state index is 13.0. The number of aryl methyl sites for hydroxylation is 1. The van der Waals surface area contributed by atoms with Gasteiger partial charge in [-0.3, -0.25) is 5.32 Å². The number of amides is 2. The third kappa shape index (κ3) is 3.72. The van der Waals surface area contributed by atoms with Crippen molar-refractivity contribution in [3.05, 3.63) is 34.6 Å². The van der Waals surface area contributed by atoms with Gasteiger partial charge in [0.15, 0.2) is 0 Å². The monoisotopic (exact) mass is 310 g/mol. The van der Waals surface area contributed by atoms with E-state index in [4.69, 9.17) is 5.11 Å². The van der Waals surface area contributed by atoms with Crippen LogP contribution in [0.4, 0.5) is 20.0 Å². The Hall–Kier alpha value is -2.55. The van der Waals surface area contributed by atoms with Gasteiger partial charge in [-0.15, -0.1) is 10.2 Å². The second-order valence-corrected chi connectivity index (χ2v) is 4.99. The number of aromatic nitrogens is 2. The first-order chi connectivity index (χ1) is 9.99. The summed E-state index contributed by atoms with van der Waals surface area (Å²) in [5.74, 6) is -2.04. The molecule has 1 heterocycles. The molecule has 1 aromatic heterocycles. The smallest absolute Gasteiger partial charge is 0.337 e. The molecule has 0 aliphatic rings. The molecular formula is C12H11FN4O3S. The van der Waals surface area contributed by atoms with Crippen LogP contribution in [-0.4, -0.2) is 27.3 Å². The molecular weight excluding hydrogens is 299 g/mol. The van der Waals surface area contributed by atoms with E-state index in [0.29, 0.717) is 11.6 Å². The molecule has 0 aliphatic heterocycles. The van der Waals surface area contributed by atoms with Gasteiger partial charge in [0.05, 0.1) is 11.3 Å². The number of carbonyl (C=O) groups is 2. The van der Waals surface area contributed by atoms with E-state index in [1.165, 1.54) is 17.4 Å². The molecule has 0 fully saturated rings. The number of carboxylic acid groups (broad SMARTS) is 1. The molecule has 0 bridgehead atoms. The molecule has 0 saturated carbocycles. The summed E-state index contributed by atoms with van der Waals surface area (Å²) in [5, 5.41) is 22.4. The van der Waals surface area contributed by atoms with Crippen molar-refractivity contribution in [1.29, 1.82) is 0 Å². The Kier molecular flexibility index (Phi) is 4.43. The van der Waals surface area contributed by atoms with Gasteiger partial charge in [0.2, 0.25) is 5.13 Å². The maximum absolute atomic E-state index is 13.0. The molecule has 3 N–H and O–H groups in total. The fourth-order valence-electron chi connectivity index (χ4n) is 1.50. The van der Waals surface area contributed by atoms with Crippen molar-refractivity contribution >= 4 is 34.2 Å². The Balaban J connectivity index is 2.10. The molecule has 0 atom stereocenters. The van der Waals surface area contributed by atoms with Crippen LogP contribution in [0.15, 0.2) is 18.2 Å². The van der Waals surface area contributed by atoms with Gasteiger partial charge in [0.1, 0.15) is 10.8 Å². The summed E-state index contributed by atoms with van der Waals surface area (Å²) in [4.78, 5) is 22.8. The average molecular weight is 310 g/mol. The van der Waals surface area contributed by atoms with Gasteiger partial charge in [-0.25, -0.2) is 14.0 Å². The zero-order chi connectivity index (χ0) is 15.4. The Bertz CT molecular complexity index is 689. The van der Waals surface area contributed by atoms with Gasteiger partial charge in [0, 0.05) is 0 Å². The minimum Gasteiger partial charge on any atom is -0.478 e. The minimum absolute atomic E-state index is 0.0124. The summed E-state index contributed by atoms with van der Waals surface area (Å²) >= 11 is 1.21. The van der Waals surface area contributed by atoms with E-state index in [0.717, 1.165) is 17.1 Å². The van der Waals surface area contributed by atoms with Gasteiger partial charge in [-0.1, -0.05) is 18.3 Å². The van der Waals surface area contributed by atoms with Crippen molar-refractivity contribution in [1.82, 2.24) is 10.2 Å². The summed E-state index contributed by atoms with van der Waals surface area (Å²) in [6.45, 7) is 1.90. The van der Waals surface area contributed by atoms with Crippen LogP contribution in [0.5, 0.6) is 0 Å². The highest BCUT2D eigenvalue weighted by Gasteiger charge is 2.14. The normalized spacial score (nSPS) is 10.2. The topological polar surface area (TPSA) is 104 Å². The molecule has 110 valence electrons. The molecule has 0 saturated heterocycles. The summed E-state index contributed by atoms with van der Waals surface area (Å²) in [6, 6.07) is 2.39. The highest BCUT2D eigenvalue weighted by molar-refractivity contribution is 7.15. The number of nitrogens with zero attached hydrogens (tertiary/aromatic N) is 2. The lowest BCUT2D eigenvalue weighted by Crippen LogP contribution is -2.21. The molecule has 2 rings (SSSR count). The number of rotatable bonds is 4. The van der Waals surface area contributed by atoms with Crippen molar-refractivity contribution in [2.45, 2.75) is 13.3 Å². The molecule has 2 aromatic rings. The van der Waals surface area contributed by atoms with Crippen molar-refractivity contribution in [3.63, 3.8) is 0 Å². The van der Waals surface area contributed by atoms with Crippen LogP contribution >= 0.6 is 11.3 Å². The van der Waals surface area contributed by atoms with Gasteiger partial charge in [0.25, 0.3) is 0 Å². The second-order valence-electron chi connectivity index (χ2n) is 3.93. The van der Waals surface area contributed by atoms with Gasteiger partial charge in [-0.05, 0) is 24.6 Å². The molecule has 0 aliphatic carbocycles. The van der Waals surface area contributed by atoms with Crippen molar-refractivity contribution in [2.24, 2.45) is 0 Å². The number of hydrogen-bond acceptors (Lipinski definition) is 5. The standard InChI is InChI=1S/C12H11FN4O3S/c1-2-9-16-17-12(21-9)15-11(20)14-8-4-3-6(13)5-7(8)10(18)19/h3-5H,2H2,1H3,(H,18,19)(H2,14,15,17,20). The number of nitrogens with one attached hydrogen (secondary N) is 2. The van der Waals surface area contributed by atoms with Crippen LogP contribution in [0.3, 0.4) is 0 Å². The van der Waals surface area contributed by atoms with Crippen LogP contribution in [0.1, 0.15) is 22.3 Å². The SMILES string of the molecule is CCc1nnc(NC(=O)Nc2ccc(F)cc2C(=O)O)s1. The van der Waals surface area contributed by atoms with Gasteiger partial charge < -0.3 is 10.4 Å². The fraction of sp³-hybridized carbons (Fsp3) is 0.167. The largest absolute Gasteiger partial charge is 0.478 e.